The van der Waals surface area contributed by atoms with Crippen molar-refractivity contribution in [3.8, 4) is 11.5 Å². The molecule has 2 atom stereocenters. The Labute approximate surface area is 98.7 Å². The molecular weight excluding hydrogens is 220 g/mol. The molecule has 0 aliphatic heterocycles. The van der Waals surface area contributed by atoms with Crippen LogP contribution < -0.4 is 0 Å². The van der Waals surface area contributed by atoms with Gasteiger partial charge in [-0.1, -0.05) is 19.0 Å². The van der Waals surface area contributed by atoms with E-state index in [0.29, 0.717) is 23.8 Å². The Morgan fingerprint density at radius 2 is 2.24 bits per heavy atom. The summed E-state index contributed by atoms with van der Waals surface area (Å²) in [6.45, 7) is 3.75. The van der Waals surface area contributed by atoms with E-state index in [4.69, 9.17) is 4.52 Å². The summed E-state index contributed by atoms with van der Waals surface area (Å²) in [4.78, 5) is 12.2. The highest BCUT2D eigenvalue weighted by atomic mass is 16.5. The molecule has 90 valence electrons. The molecule has 6 nitrogen and oxygen atoms in total. The average molecular weight is 234 g/mol. The van der Waals surface area contributed by atoms with E-state index in [0.717, 1.165) is 0 Å². The lowest BCUT2D eigenvalue weighted by molar-refractivity contribution is 0.129. The number of aliphatic hydroxyl groups excluding tert-OH is 1. The molecule has 0 radical (unpaired) electrons. The number of rotatable bonds is 4. The molecule has 0 aliphatic carbocycles. The molecule has 2 aromatic heterocycles. The van der Waals surface area contributed by atoms with E-state index in [1.165, 1.54) is 0 Å². The van der Waals surface area contributed by atoms with Crippen LogP contribution in [-0.2, 0) is 0 Å². The Hall–Kier alpha value is -1.82. The summed E-state index contributed by atoms with van der Waals surface area (Å²) in [5, 5.41) is 13.5. The fraction of sp³-hybridized carbons (Fsp3) is 0.455. The molecule has 0 saturated heterocycles. The van der Waals surface area contributed by atoms with Crippen LogP contribution in [0, 0.1) is 0 Å². The molecule has 2 aromatic rings. The maximum absolute atomic E-state index is 9.70. The highest BCUT2D eigenvalue weighted by molar-refractivity contribution is 5.45. The van der Waals surface area contributed by atoms with Crippen molar-refractivity contribution in [1.29, 1.82) is 0 Å². The number of hydrogen-bond donors (Lipinski definition) is 1. The zero-order chi connectivity index (χ0) is 12.3. The quantitative estimate of drug-likeness (QED) is 0.860. The normalized spacial score (nSPS) is 14.5. The topological polar surface area (TPSA) is 84.9 Å². The Bertz CT molecular complexity index is 471. The lowest BCUT2D eigenvalue weighted by Crippen LogP contribution is -2.14. The van der Waals surface area contributed by atoms with Gasteiger partial charge in [0, 0.05) is 12.4 Å². The van der Waals surface area contributed by atoms with Crippen LogP contribution in [0.2, 0.25) is 0 Å². The number of aliphatic hydroxyl groups is 1. The molecule has 2 rings (SSSR count). The second-order valence-electron chi connectivity index (χ2n) is 3.81. The van der Waals surface area contributed by atoms with Crippen molar-refractivity contribution in [3.63, 3.8) is 0 Å². The van der Waals surface area contributed by atoms with Gasteiger partial charge in [-0.2, -0.15) is 4.98 Å². The highest BCUT2D eigenvalue weighted by Gasteiger charge is 2.21. The second kappa shape index (κ2) is 5.01. The first kappa shape index (κ1) is 11.7. The predicted molar refractivity (Wildman–Crippen MR) is 60.0 cm³/mol. The molecule has 0 amide bonds. The average Bonchev–Trinajstić information content (AvgIpc) is 2.87. The van der Waals surface area contributed by atoms with Crippen LogP contribution in [0.15, 0.2) is 23.1 Å². The maximum Gasteiger partial charge on any atom is 0.232 e. The smallest absolute Gasteiger partial charge is 0.232 e. The van der Waals surface area contributed by atoms with E-state index in [2.05, 4.69) is 20.1 Å². The molecule has 2 unspecified atom stereocenters. The van der Waals surface area contributed by atoms with Crippen LogP contribution in [-0.4, -0.2) is 31.3 Å². The fourth-order valence-electron chi connectivity index (χ4n) is 1.46. The van der Waals surface area contributed by atoms with Gasteiger partial charge in [0.2, 0.25) is 11.7 Å². The molecule has 0 aromatic carbocycles. The molecule has 0 fully saturated rings. The Balaban J connectivity index is 2.22. The van der Waals surface area contributed by atoms with E-state index in [9.17, 15) is 5.11 Å². The highest BCUT2D eigenvalue weighted by Crippen LogP contribution is 2.21. The van der Waals surface area contributed by atoms with Gasteiger partial charge in [-0.25, -0.2) is 4.98 Å². The standard InChI is InChI=1S/C11H14N4O2/c1-3-9(16)7(2)11-14-10(15-17-11)8-6-12-4-5-13-8/h4-7,9,16H,3H2,1-2H3. The summed E-state index contributed by atoms with van der Waals surface area (Å²) >= 11 is 0. The lowest BCUT2D eigenvalue weighted by Gasteiger charge is -2.11. The van der Waals surface area contributed by atoms with Gasteiger partial charge in [-0.15, -0.1) is 0 Å². The molecule has 17 heavy (non-hydrogen) atoms. The zero-order valence-electron chi connectivity index (χ0n) is 9.74. The van der Waals surface area contributed by atoms with Gasteiger partial charge >= 0.3 is 0 Å². The summed E-state index contributed by atoms with van der Waals surface area (Å²) in [7, 11) is 0. The van der Waals surface area contributed by atoms with Crippen molar-refractivity contribution >= 4 is 0 Å². The molecule has 0 spiro atoms. The lowest BCUT2D eigenvalue weighted by atomic mass is 10.0. The van der Waals surface area contributed by atoms with Crippen LogP contribution in [0.25, 0.3) is 11.5 Å². The maximum atomic E-state index is 9.70. The van der Waals surface area contributed by atoms with Gasteiger partial charge in [-0.05, 0) is 6.42 Å². The number of aromatic nitrogens is 4. The van der Waals surface area contributed by atoms with Gasteiger partial charge < -0.3 is 9.63 Å². The molecule has 0 saturated carbocycles. The second-order valence-corrected chi connectivity index (χ2v) is 3.81. The minimum Gasteiger partial charge on any atom is -0.392 e. The van der Waals surface area contributed by atoms with Gasteiger partial charge in [0.1, 0.15) is 5.69 Å². The van der Waals surface area contributed by atoms with E-state index in [1.807, 2.05) is 13.8 Å². The summed E-state index contributed by atoms with van der Waals surface area (Å²) in [5.74, 6) is 0.626. The van der Waals surface area contributed by atoms with Crippen LogP contribution >= 0.6 is 0 Å². The zero-order valence-corrected chi connectivity index (χ0v) is 9.74. The number of nitrogens with zero attached hydrogens (tertiary/aromatic N) is 4. The van der Waals surface area contributed by atoms with Crippen molar-refractivity contribution in [2.75, 3.05) is 0 Å². The van der Waals surface area contributed by atoms with Crippen LogP contribution in [0.3, 0.4) is 0 Å². The molecular formula is C11H14N4O2. The largest absolute Gasteiger partial charge is 0.392 e. The third-order valence-electron chi connectivity index (χ3n) is 2.62. The SMILES string of the molecule is CCC(O)C(C)c1nc(-c2cnccn2)no1. The van der Waals surface area contributed by atoms with E-state index >= 15 is 0 Å². The van der Waals surface area contributed by atoms with Gasteiger partial charge in [0.05, 0.1) is 18.2 Å². The van der Waals surface area contributed by atoms with Crippen molar-refractivity contribution < 1.29 is 9.63 Å². The molecule has 1 N–H and O–H groups in total. The van der Waals surface area contributed by atoms with E-state index in [-0.39, 0.29) is 5.92 Å². The first-order valence-electron chi connectivity index (χ1n) is 5.50. The van der Waals surface area contributed by atoms with Crippen LogP contribution in [0.1, 0.15) is 32.1 Å². The molecule has 0 bridgehead atoms. The summed E-state index contributed by atoms with van der Waals surface area (Å²) < 4.78 is 5.11. The fourth-order valence-corrected chi connectivity index (χ4v) is 1.46. The summed E-state index contributed by atoms with van der Waals surface area (Å²) in [5.41, 5.74) is 0.556. The number of hydrogen-bond acceptors (Lipinski definition) is 6. The third-order valence-corrected chi connectivity index (χ3v) is 2.62. The first-order valence-corrected chi connectivity index (χ1v) is 5.50. The Morgan fingerprint density at radius 1 is 1.41 bits per heavy atom. The molecule has 6 heteroatoms. The monoisotopic (exact) mass is 234 g/mol. The van der Waals surface area contributed by atoms with Gasteiger partial charge in [-0.3, -0.25) is 4.98 Å². The Kier molecular flexibility index (Phi) is 3.43. The van der Waals surface area contributed by atoms with Crippen LogP contribution in [0.5, 0.6) is 0 Å². The van der Waals surface area contributed by atoms with Crippen molar-refractivity contribution in [2.24, 2.45) is 0 Å². The van der Waals surface area contributed by atoms with E-state index < -0.39 is 6.10 Å². The van der Waals surface area contributed by atoms with Crippen molar-refractivity contribution in [3.05, 3.63) is 24.5 Å². The van der Waals surface area contributed by atoms with E-state index in [1.54, 1.807) is 18.6 Å². The summed E-state index contributed by atoms with van der Waals surface area (Å²) in [6, 6.07) is 0. The van der Waals surface area contributed by atoms with Crippen LogP contribution in [0.4, 0.5) is 0 Å². The van der Waals surface area contributed by atoms with Gasteiger partial charge in [0.15, 0.2) is 0 Å². The minimum absolute atomic E-state index is 0.182. The van der Waals surface area contributed by atoms with Crippen molar-refractivity contribution in [2.45, 2.75) is 32.3 Å². The van der Waals surface area contributed by atoms with Gasteiger partial charge in [0.25, 0.3) is 0 Å². The molecule has 2 heterocycles. The summed E-state index contributed by atoms with van der Waals surface area (Å²) in [6.07, 6.45) is 4.87. The molecule has 0 aliphatic rings. The van der Waals surface area contributed by atoms with Crippen molar-refractivity contribution in [1.82, 2.24) is 20.1 Å². The Morgan fingerprint density at radius 3 is 2.88 bits per heavy atom. The first-order chi connectivity index (χ1) is 8.22. The minimum atomic E-state index is -0.481. The predicted octanol–water partition coefficient (Wildman–Crippen LogP) is 1.40. The third kappa shape index (κ3) is 2.47.